The van der Waals surface area contributed by atoms with E-state index in [2.05, 4.69) is 58.6 Å². The molecule has 0 aliphatic carbocycles. The Kier molecular flexibility index (Phi) is 6.79. The van der Waals surface area contributed by atoms with Gasteiger partial charge in [-0.2, -0.15) is 0 Å². The average Bonchev–Trinajstić information content (AvgIpc) is 2.70. The fourth-order valence-corrected chi connectivity index (χ4v) is 2.96. The molecule has 0 atom stereocenters. The molecule has 0 bridgehead atoms. The third-order valence-electron chi connectivity index (χ3n) is 4.68. The molecule has 0 radical (unpaired) electrons. The predicted octanol–water partition coefficient (Wildman–Crippen LogP) is 3.01. The molecule has 6 nitrogen and oxygen atoms in total. The number of nitrogens with one attached hydrogen (secondary N) is 2. The van der Waals surface area contributed by atoms with E-state index in [4.69, 9.17) is 4.74 Å². The molecule has 1 aliphatic rings. The summed E-state index contributed by atoms with van der Waals surface area (Å²) in [6.07, 6.45) is 1.69. The summed E-state index contributed by atoms with van der Waals surface area (Å²) in [6.45, 7) is 9.19. The molecule has 27 heavy (non-hydrogen) atoms. The standard InChI is InChI=1S/C21H28N4O2/c1-16(2)17-3-5-18(6-4-17)24-19-7-8-20(23-15-19)21(26)22-9-10-25-11-13-27-14-12-25/h3-8,15-16,24H,9-14H2,1-2H3,(H,22,26). The Bertz CT molecular complexity index is 723. The summed E-state index contributed by atoms with van der Waals surface area (Å²) < 4.78 is 5.32. The number of hydrogen-bond donors (Lipinski definition) is 2. The maximum absolute atomic E-state index is 12.2. The zero-order chi connectivity index (χ0) is 19.1. The van der Waals surface area contributed by atoms with Crippen molar-refractivity contribution in [3.8, 4) is 0 Å². The van der Waals surface area contributed by atoms with Crippen LogP contribution in [0.3, 0.4) is 0 Å². The smallest absolute Gasteiger partial charge is 0.269 e. The Morgan fingerprint density at radius 2 is 1.81 bits per heavy atom. The minimum absolute atomic E-state index is 0.143. The Labute approximate surface area is 160 Å². The van der Waals surface area contributed by atoms with Crippen molar-refractivity contribution in [2.45, 2.75) is 19.8 Å². The first kappa shape index (κ1) is 19.3. The SMILES string of the molecule is CC(C)c1ccc(Nc2ccc(C(=O)NCCN3CCOCC3)nc2)cc1. The molecule has 1 fully saturated rings. The molecule has 2 aromatic rings. The summed E-state index contributed by atoms with van der Waals surface area (Å²) in [6, 6.07) is 12.0. The van der Waals surface area contributed by atoms with Gasteiger partial charge in [0.25, 0.3) is 5.91 Å². The van der Waals surface area contributed by atoms with Crippen molar-refractivity contribution < 1.29 is 9.53 Å². The van der Waals surface area contributed by atoms with Crippen molar-refractivity contribution in [1.29, 1.82) is 0 Å². The highest BCUT2D eigenvalue weighted by molar-refractivity contribution is 5.92. The highest BCUT2D eigenvalue weighted by atomic mass is 16.5. The number of nitrogens with zero attached hydrogens (tertiary/aromatic N) is 2. The van der Waals surface area contributed by atoms with E-state index in [1.807, 2.05) is 6.07 Å². The van der Waals surface area contributed by atoms with Gasteiger partial charge in [-0.1, -0.05) is 26.0 Å². The van der Waals surface area contributed by atoms with Crippen LogP contribution in [-0.2, 0) is 4.74 Å². The maximum Gasteiger partial charge on any atom is 0.269 e. The average molecular weight is 368 g/mol. The Balaban J connectivity index is 1.48. The summed E-state index contributed by atoms with van der Waals surface area (Å²) in [5.41, 5.74) is 3.60. The van der Waals surface area contributed by atoms with E-state index in [9.17, 15) is 4.79 Å². The van der Waals surface area contributed by atoms with Gasteiger partial charge in [-0.3, -0.25) is 9.69 Å². The molecule has 3 rings (SSSR count). The van der Waals surface area contributed by atoms with Crippen LogP contribution in [0.4, 0.5) is 11.4 Å². The van der Waals surface area contributed by atoms with Crippen molar-refractivity contribution in [2.75, 3.05) is 44.7 Å². The summed E-state index contributed by atoms with van der Waals surface area (Å²) >= 11 is 0. The first-order chi connectivity index (χ1) is 13.1. The fourth-order valence-electron chi connectivity index (χ4n) is 2.96. The number of morpholine rings is 1. The van der Waals surface area contributed by atoms with Crippen LogP contribution < -0.4 is 10.6 Å². The molecular formula is C21H28N4O2. The lowest BCUT2D eigenvalue weighted by Crippen LogP contribution is -2.41. The molecule has 0 saturated carbocycles. The number of anilines is 2. The van der Waals surface area contributed by atoms with E-state index >= 15 is 0 Å². The Morgan fingerprint density at radius 1 is 1.11 bits per heavy atom. The predicted molar refractivity (Wildman–Crippen MR) is 108 cm³/mol. The lowest BCUT2D eigenvalue weighted by atomic mass is 10.0. The zero-order valence-electron chi connectivity index (χ0n) is 16.1. The van der Waals surface area contributed by atoms with Gasteiger partial charge in [0.1, 0.15) is 5.69 Å². The second kappa shape index (κ2) is 9.48. The Hall–Kier alpha value is -2.44. The molecule has 1 aromatic heterocycles. The monoisotopic (exact) mass is 368 g/mol. The van der Waals surface area contributed by atoms with Gasteiger partial charge in [0, 0.05) is 31.9 Å². The van der Waals surface area contributed by atoms with E-state index < -0.39 is 0 Å². The maximum atomic E-state index is 12.2. The van der Waals surface area contributed by atoms with E-state index in [1.54, 1.807) is 12.3 Å². The van der Waals surface area contributed by atoms with Crippen molar-refractivity contribution in [3.63, 3.8) is 0 Å². The molecule has 1 amide bonds. The van der Waals surface area contributed by atoms with Gasteiger partial charge >= 0.3 is 0 Å². The van der Waals surface area contributed by atoms with Crippen LogP contribution in [0.2, 0.25) is 0 Å². The van der Waals surface area contributed by atoms with Crippen LogP contribution in [-0.4, -0.2) is 55.2 Å². The molecule has 144 valence electrons. The van der Waals surface area contributed by atoms with Gasteiger partial charge in [0.05, 0.1) is 25.1 Å². The van der Waals surface area contributed by atoms with Gasteiger partial charge in [-0.25, -0.2) is 4.98 Å². The number of hydrogen-bond acceptors (Lipinski definition) is 5. The molecule has 1 aliphatic heterocycles. The largest absolute Gasteiger partial charge is 0.379 e. The van der Waals surface area contributed by atoms with Crippen LogP contribution in [0, 0.1) is 0 Å². The van der Waals surface area contributed by atoms with Crippen molar-refractivity contribution in [3.05, 3.63) is 53.9 Å². The number of ether oxygens (including phenoxy) is 1. The van der Waals surface area contributed by atoms with Gasteiger partial charge < -0.3 is 15.4 Å². The lowest BCUT2D eigenvalue weighted by molar-refractivity contribution is 0.0383. The summed E-state index contributed by atoms with van der Waals surface area (Å²) in [4.78, 5) is 18.8. The molecule has 2 heterocycles. The number of carbonyl (C=O) groups excluding carboxylic acids is 1. The van der Waals surface area contributed by atoms with Crippen LogP contribution in [0.15, 0.2) is 42.6 Å². The van der Waals surface area contributed by atoms with Crippen LogP contribution in [0.25, 0.3) is 0 Å². The third-order valence-corrected chi connectivity index (χ3v) is 4.68. The van der Waals surface area contributed by atoms with Crippen LogP contribution in [0.1, 0.15) is 35.8 Å². The number of rotatable bonds is 7. The van der Waals surface area contributed by atoms with E-state index in [-0.39, 0.29) is 5.91 Å². The Morgan fingerprint density at radius 3 is 2.44 bits per heavy atom. The third kappa shape index (κ3) is 5.77. The summed E-state index contributed by atoms with van der Waals surface area (Å²) in [7, 11) is 0. The number of aromatic nitrogens is 1. The van der Waals surface area contributed by atoms with Crippen molar-refractivity contribution in [2.24, 2.45) is 0 Å². The fraction of sp³-hybridized carbons (Fsp3) is 0.429. The van der Waals surface area contributed by atoms with E-state index in [0.29, 0.717) is 18.2 Å². The molecule has 6 heteroatoms. The zero-order valence-corrected chi connectivity index (χ0v) is 16.1. The first-order valence-corrected chi connectivity index (χ1v) is 9.53. The quantitative estimate of drug-likeness (QED) is 0.786. The molecular weight excluding hydrogens is 340 g/mol. The topological polar surface area (TPSA) is 66.5 Å². The number of benzene rings is 1. The van der Waals surface area contributed by atoms with Gasteiger partial charge in [-0.05, 0) is 35.7 Å². The second-order valence-corrected chi connectivity index (χ2v) is 7.04. The van der Waals surface area contributed by atoms with E-state index in [1.165, 1.54) is 5.56 Å². The van der Waals surface area contributed by atoms with Gasteiger partial charge in [0.2, 0.25) is 0 Å². The second-order valence-electron chi connectivity index (χ2n) is 7.04. The van der Waals surface area contributed by atoms with E-state index in [0.717, 1.165) is 44.2 Å². The van der Waals surface area contributed by atoms with Crippen molar-refractivity contribution >= 4 is 17.3 Å². The normalized spacial score (nSPS) is 14.9. The first-order valence-electron chi connectivity index (χ1n) is 9.53. The highest BCUT2D eigenvalue weighted by Crippen LogP contribution is 2.20. The minimum Gasteiger partial charge on any atom is -0.379 e. The lowest BCUT2D eigenvalue weighted by Gasteiger charge is -2.26. The van der Waals surface area contributed by atoms with Crippen LogP contribution in [0.5, 0.6) is 0 Å². The molecule has 0 unspecified atom stereocenters. The van der Waals surface area contributed by atoms with Crippen LogP contribution >= 0.6 is 0 Å². The summed E-state index contributed by atoms with van der Waals surface area (Å²) in [5, 5.41) is 6.24. The van der Waals surface area contributed by atoms with Gasteiger partial charge in [-0.15, -0.1) is 0 Å². The number of pyridine rings is 1. The molecule has 2 N–H and O–H groups in total. The van der Waals surface area contributed by atoms with Crippen molar-refractivity contribution in [1.82, 2.24) is 15.2 Å². The van der Waals surface area contributed by atoms with Gasteiger partial charge in [0.15, 0.2) is 0 Å². The highest BCUT2D eigenvalue weighted by Gasteiger charge is 2.11. The molecule has 1 aromatic carbocycles. The minimum atomic E-state index is -0.143. The number of carbonyl (C=O) groups is 1. The molecule has 0 spiro atoms. The molecule has 1 saturated heterocycles. The number of amides is 1. The summed E-state index contributed by atoms with van der Waals surface area (Å²) in [5.74, 6) is 0.373.